The van der Waals surface area contributed by atoms with Crippen LogP contribution in [-0.2, 0) is 6.42 Å². The van der Waals surface area contributed by atoms with E-state index >= 15 is 0 Å². The number of nitrogens with zero attached hydrogens (tertiary/aromatic N) is 2. The Bertz CT molecular complexity index is 431. The summed E-state index contributed by atoms with van der Waals surface area (Å²) >= 11 is 1.51. The van der Waals surface area contributed by atoms with E-state index in [4.69, 9.17) is 0 Å². The lowest BCUT2D eigenvalue weighted by atomic mass is 10.3. The van der Waals surface area contributed by atoms with Gasteiger partial charge in [0.25, 0.3) is 5.91 Å². The standard InChI is InChI=1S/C13H20N2O2S/c1-3-4-5-11-14-9(2)12(18-11)13(17)15-7-6-10(16)8-15/h10,16H,3-8H2,1-2H3/t10-/m1/s1. The van der Waals surface area contributed by atoms with Gasteiger partial charge in [-0.2, -0.15) is 0 Å². The van der Waals surface area contributed by atoms with Crippen molar-refractivity contribution in [2.75, 3.05) is 13.1 Å². The van der Waals surface area contributed by atoms with Gasteiger partial charge in [-0.25, -0.2) is 4.98 Å². The van der Waals surface area contributed by atoms with Crippen molar-refractivity contribution in [3.05, 3.63) is 15.6 Å². The molecule has 1 saturated heterocycles. The van der Waals surface area contributed by atoms with Crippen LogP contribution >= 0.6 is 11.3 Å². The first-order valence-corrected chi connectivity index (χ1v) is 7.37. The molecule has 4 nitrogen and oxygen atoms in total. The van der Waals surface area contributed by atoms with E-state index in [0.29, 0.717) is 19.5 Å². The molecule has 1 aliphatic rings. The smallest absolute Gasteiger partial charge is 0.265 e. The Morgan fingerprint density at radius 3 is 3.00 bits per heavy atom. The van der Waals surface area contributed by atoms with Crippen LogP contribution in [0.5, 0.6) is 0 Å². The molecule has 100 valence electrons. The molecule has 1 aromatic heterocycles. The third-order valence-electron chi connectivity index (χ3n) is 3.23. The summed E-state index contributed by atoms with van der Waals surface area (Å²) in [7, 11) is 0. The van der Waals surface area contributed by atoms with Crippen molar-refractivity contribution in [3.8, 4) is 0 Å². The maximum absolute atomic E-state index is 12.3. The van der Waals surface area contributed by atoms with Gasteiger partial charge in [0.15, 0.2) is 0 Å². The number of unbranched alkanes of at least 4 members (excludes halogenated alkanes) is 1. The van der Waals surface area contributed by atoms with Crippen molar-refractivity contribution in [3.63, 3.8) is 0 Å². The lowest BCUT2D eigenvalue weighted by molar-refractivity contribution is 0.0769. The fraction of sp³-hybridized carbons (Fsp3) is 0.692. The fourth-order valence-electron chi connectivity index (χ4n) is 2.16. The first-order chi connectivity index (χ1) is 8.61. The number of hydrogen-bond acceptors (Lipinski definition) is 4. The summed E-state index contributed by atoms with van der Waals surface area (Å²) in [6, 6.07) is 0. The summed E-state index contributed by atoms with van der Waals surface area (Å²) in [5.41, 5.74) is 0.831. The number of rotatable bonds is 4. The van der Waals surface area contributed by atoms with Gasteiger partial charge in [-0.05, 0) is 26.2 Å². The molecule has 0 bridgehead atoms. The molecule has 1 aromatic rings. The first-order valence-electron chi connectivity index (χ1n) is 6.55. The molecule has 0 saturated carbocycles. The molecule has 2 heterocycles. The number of thiazole rings is 1. The van der Waals surface area contributed by atoms with Gasteiger partial charge >= 0.3 is 0 Å². The Hall–Kier alpha value is -0.940. The van der Waals surface area contributed by atoms with Crippen LogP contribution in [0.2, 0.25) is 0 Å². The SMILES string of the molecule is CCCCc1nc(C)c(C(=O)N2CC[C@@H](O)C2)s1. The number of hydrogen-bond donors (Lipinski definition) is 1. The molecule has 1 atom stereocenters. The number of carbonyl (C=O) groups is 1. The Morgan fingerprint density at radius 2 is 2.39 bits per heavy atom. The maximum atomic E-state index is 12.3. The van der Waals surface area contributed by atoms with E-state index in [0.717, 1.165) is 34.8 Å². The molecule has 2 rings (SSSR count). The maximum Gasteiger partial charge on any atom is 0.265 e. The summed E-state index contributed by atoms with van der Waals surface area (Å²) in [6.07, 6.45) is 3.54. The summed E-state index contributed by atoms with van der Waals surface area (Å²) in [4.78, 5) is 19.2. The highest BCUT2D eigenvalue weighted by Gasteiger charge is 2.27. The number of carbonyl (C=O) groups excluding carboxylic acids is 1. The predicted octanol–water partition coefficient (Wildman–Crippen LogP) is 2.00. The fourth-order valence-corrected chi connectivity index (χ4v) is 3.23. The largest absolute Gasteiger partial charge is 0.391 e. The molecule has 0 spiro atoms. The minimum Gasteiger partial charge on any atom is -0.391 e. The van der Waals surface area contributed by atoms with Crippen LogP contribution in [0, 0.1) is 6.92 Å². The predicted molar refractivity (Wildman–Crippen MR) is 72.0 cm³/mol. The van der Waals surface area contributed by atoms with Crippen molar-refractivity contribution in [1.82, 2.24) is 9.88 Å². The summed E-state index contributed by atoms with van der Waals surface area (Å²) in [5.74, 6) is 0.0318. The highest BCUT2D eigenvalue weighted by atomic mass is 32.1. The number of aliphatic hydroxyl groups is 1. The van der Waals surface area contributed by atoms with Gasteiger partial charge < -0.3 is 10.0 Å². The van der Waals surface area contributed by atoms with Gasteiger partial charge in [-0.3, -0.25) is 4.79 Å². The molecule has 5 heteroatoms. The van der Waals surface area contributed by atoms with E-state index < -0.39 is 0 Å². The van der Waals surface area contributed by atoms with E-state index in [-0.39, 0.29) is 12.0 Å². The number of likely N-dealkylation sites (tertiary alicyclic amines) is 1. The summed E-state index contributed by atoms with van der Waals surface area (Å²) in [5, 5.41) is 10.5. The second-order valence-corrected chi connectivity index (χ2v) is 5.90. The average molecular weight is 268 g/mol. The monoisotopic (exact) mass is 268 g/mol. The van der Waals surface area contributed by atoms with Crippen molar-refractivity contribution in [1.29, 1.82) is 0 Å². The van der Waals surface area contributed by atoms with Crippen LogP contribution in [0.25, 0.3) is 0 Å². The number of aromatic nitrogens is 1. The zero-order valence-corrected chi connectivity index (χ0v) is 11.8. The third kappa shape index (κ3) is 2.90. The minimum atomic E-state index is -0.360. The van der Waals surface area contributed by atoms with E-state index in [2.05, 4.69) is 11.9 Å². The topological polar surface area (TPSA) is 53.4 Å². The number of amides is 1. The van der Waals surface area contributed by atoms with Crippen molar-refractivity contribution in [2.24, 2.45) is 0 Å². The van der Waals surface area contributed by atoms with Crippen LogP contribution in [0.15, 0.2) is 0 Å². The highest BCUT2D eigenvalue weighted by Crippen LogP contribution is 2.23. The Kier molecular flexibility index (Phi) is 4.35. The van der Waals surface area contributed by atoms with E-state index in [1.807, 2.05) is 6.92 Å². The minimum absolute atomic E-state index is 0.0318. The molecule has 0 unspecified atom stereocenters. The van der Waals surface area contributed by atoms with E-state index in [1.54, 1.807) is 4.90 Å². The van der Waals surface area contributed by atoms with Crippen LogP contribution in [-0.4, -0.2) is 40.1 Å². The first kappa shape index (κ1) is 13.5. The Labute approximate surface area is 112 Å². The molecular formula is C13H20N2O2S. The normalized spacial score (nSPS) is 19.5. The third-order valence-corrected chi connectivity index (χ3v) is 4.44. The van der Waals surface area contributed by atoms with E-state index in [1.165, 1.54) is 11.3 Å². The van der Waals surface area contributed by atoms with Crippen LogP contribution in [0.4, 0.5) is 0 Å². The molecule has 18 heavy (non-hydrogen) atoms. The van der Waals surface area contributed by atoms with Crippen LogP contribution in [0.1, 0.15) is 46.6 Å². The van der Waals surface area contributed by atoms with Crippen LogP contribution < -0.4 is 0 Å². The van der Waals surface area contributed by atoms with Gasteiger partial charge in [-0.1, -0.05) is 13.3 Å². The Morgan fingerprint density at radius 1 is 1.61 bits per heavy atom. The number of aryl methyl sites for hydroxylation is 2. The second kappa shape index (κ2) is 5.80. The van der Waals surface area contributed by atoms with Crippen molar-refractivity contribution >= 4 is 17.2 Å². The van der Waals surface area contributed by atoms with Gasteiger partial charge in [0.2, 0.25) is 0 Å². The number of β-amino-alcohol motifs (C(OH)–C–C–N with tert-alkyl or cyclic N) is 1. The molecule has 1 aliphatic heterocycles. The second-order valence-electron chi connectivity index (χ2n) is 4.82. The number of aliphatic hydroxyl groups excluding tert-OH is 1. The molecule has 0 aliphatic carbocycles. The molecule has 1 N–H and O–H groups in total. The zero-order valence-electron chi connectivity index (χ0n) is 11.0. The summed E-state index contributed by atoms with van der Waals surface area (Å²) in [6.45, 7) is 5.16. The average Bonchev–Trinajstić information content (AvgIpc) is 2.92. The summed E-state index contributed by atoms with van der Waals surface area (Å²) < 4.78 is 0. The van der Waals surface area contributed by atoms with Crippen molar-refractivity contribution in [2.45, 2.75) is 45.6 Å². The molecule has 0 aromatic carbocycles. The zero-order chi connectivity index (χ0) is 13.1. The van der Waals surface area contributed by atoms with Crippen molar-refractivity contribution < 1.29 is 9.90 Å². The lowest BCUT2D eigenvalue weighted by Gasteiger charge is -2.14. The molecule has 1 amide bonds. The van der Waals surface area contributed by atoms with Crippen LogP contribution in [0.3, 0.4) is 0 Å². The molecule has 0 radical (unpaired) electrons. The molecule has 1 fully saturated rings. The molecular weight excluding hydrogens is 248 g/mol. The van der Waals surface area contributed by atoms with Gasteiger partial charge in [0, 0.05) is 13.1 Å². The lowest BCUT2D eigenvalue weighted by Crippen LogP contribution is -2.29. The van der Waals surface area contributed by atoms with Gasteiger partial charge in [0.1, 0.15) is 4.88 Å². The van der Waals surface area contributed by atoms with Gasteiger partial charge in [-0.15, -0.1) is 11.3 Å². The quantitative estimate of drug-likeness (QED) is 0.908. The van der Waals surface area contributed by atoms with E-state index in [9.17, 15) is 9.90 Å². The Balaban J connectivity index is 2.07. The van der Waals surface area contributed by atoms with Gasteiger partial charge in [0.05, 0.1) is 16.8 Å². The highest BCUT2D eigenvalue weighted by molar-refractivity contribution is 7.13.